The summed E-state index contributed by atoms with van der Waals surface area (Å²) >= 11 is 1.40. The van der Waals surface area contributed by atoms with Crippen molar-refractivity contribution in [2.45, 2.75) is 45.4 Å². The summed E-state index contributed by atoms with van der Waals surface area (Å²) in [6, 6.07) is 5.86. The highest BCUT2D eigenvalue weighted by Crippen LogP contribution is 2.23. The van der Waals surface area contributed by atoms with Gasteiger partial charge in [-0.25, -0.2) is 0 Å². The van der Waals surface area contributed by atoms with Crippen LogP contribution >= 0.6 is 11.8 Å². The van der Waals surface area contributed by atoms with E-state index in [1.165, 1.54) is 11.8 Å². The molecule has 0 aromatic carbocycles. The summed E-state index contributed by atoms with van der Waals surface area (Å²) in [6.45, 7) is 8.22. The van der Waals surface area contributed by atoms with Crippen molar-refractivity contribution in [3.8, 4) is 11.4 Å². The Bertz CT molecular complexity index is 920. The minimum atomic E-state index is -0.00511. The van der Waals surface area contributed by atoms with Gasteiger partial charge in [0, 0.05) is 43.3 Å². The molecule has 148 valence electrons. The van der Waals surface area contributed by atoms with E-state index in [0.29, 0.717) is 12.3 Å². The fourth-order valence-electron chi connectivity index (χ4n) is 2.93. The van der Waals surface area contributed by atoms with Crippen LogP contribution in [0, 0.1) is 13.8 Å². The number of hydrogen-bond donors (Lipinski definition) is 1. The van der Waals surface area contributed by atoms with E-state index in [4.69, 9.17) is 0 Å². The predicted molar refractivity (Wildman–Crippen MR) is 109 cm³/mol. The molecule has 1 amide bonds. The zero-order chi connectivity index (χ0) is 19.9. The molecule has 0 spiro atoms. The summed E-state index contributed by atoms with van der Waals surface area (Å²) in [4.78, 5) is 16.2. The maximum atomic E-state index is 12.2. The van der Waals surface area contributed by atoms with Crippen LogP contribution in [0.4, 0.5) is 0 Å². The van der Waals surface area contributed by atoms with Crippen molar-refractivity contribution >= 4 is 17.7 Å². The third kappa shape index (κ3) is 4.98. The van der Waals surface area contributed by atoms with Crippen LogP contribution in [0.1, 0.15) is 24.7 Å². The number of nitrogens with one attached hydrogen (secondary N) is 1. The molecule has 0 saturated carbocycles. The molecule has 3 rings (SSSR count). The summed E-state index contributed by atoms with van der Waals surface area (Å²) in [5.74, 6) is 1.10. The summed E-state index contributed by atoms with van der Waals surface area (Å²) in [5, 5.41) is 16.7. The molecule has 9 heteroatoms. The third-order valence-electron chi connectivity index (χ3n) is 4.28. The second-order valence-electron chi connectivity index (χ2n) is 6.43. The second-order valence-corrected chi connectivity index (χ2v) is 7.37. The monoisotopic (exact) mass is 399 g/mol. The third-order valence-corrected chi connectivity index (χ3v) is 5.24. The number of carbonyl (C=O) groups excluding carboxylic acids is 1. The quantitative estimate of drug-likeness (QED) is 0.439. The lowest BCUT2D eigenvalue weighted by Crippen LogP contribution is -2.27. The molecular weight excluding hydrogens is 374 g/mol. The molecule has 0 saturated heterocycles. The van der Waals surface area contributed by atoms with Gasteiger partial charge in [-0.1, -0.05) is 11.8 Å². The molecule has 28 heavy (non-hydrogen) atoms. The maximum absolute atomic E-state index is 12.2. The lowest BCUT2D eigenvalue weighted by atomic mass is 10.2. The number of aromatic nitrogens is 6. The first-order chi connectivity index (χ1) is 13.6. The van der Waals surface area contributed by atoms with Gasteiger partial charge in [0.05, 0.1) is 11.4 Å². The van der Waals surface area contributed by atoms with Crippen molar-refractivity contribution in [1.82, 2.24) is 34.8 Å². The molecule has 0 unspecified atom stereocenters. The van der Waals surface area contributed by atoms with E-state index >= 15 is 0 Å². The normalized spacial score (nSPS) is 11.0. The van der Waals surface area contributed by atoms with Crippen molar-refractivity contribution in [2.75, 3.05) is 12.3 Å². The number of carbonyl (C=O) groups is 1. The first-order valence-electron chi connectivity index (χ1n) is 9.32. The van der Waals surface area contributed by atoms with E-state index in [1.807, 2.05) is 42.2 Å². The number of aryl methyl sites for hydroxylation is 3. The predicted octanol–water partition coefficient (Wildman–Crippen LogP) is 2.47. The number of pyridine rings is 1. The van der Waals surface area contributed by atoms with E-state index in [9.17, 15) is 4.79 Å². The Morgan fingerprint density at radius 2 is 2.00 bits per heavy atom. The Labute approximate surface area is 168 Å². The van der Waals surface area contributed by atoms with Crippen molar-refractivity contribution in [3.05, 3.63) is 42.0 Å². The molecule has 3 aromatic heterocycles. The fraction of sp³-hybridized carbons (Fsp3) is 0.421. The number of thioether (sulfide) groups is 1. The molecule has 0 bridgehead atoms. The molecule has 8 nitrogen and oxygen atoms in total. The Balaban J connectivity index is 1.47. The fourth-order valence-corrected chi connectivity index (χ4v) is 3.77. The van der Waals surface area contributed by atoms with Crippen LogP contribution in [0.15, 0.2) is 35.7 Å². The van der Waals surface area contributed by atoms with E-state index in [0.717, 1.165) is 47.4 Å². The Morgan fingerprint density at radius 1 is 1.21 bits per heavy atom. The number of amides is 1. The van der Waals surface area contributed by atoms with Gasteiger partial charge in [-0.15, -0.1) is 10.2 Å². The molecule has 0 radical (unpaired) electrons. The second kappa shape index (κ2) is 9.50. The number of rotatable bonds is 9. The van der Waals surface area contributed by atoms with Gasteiger partial charge in [0.15, 0.2) is 11.0 Å². The first-order valence-corrected chi connectivity index (χ1v) is 10.3. The standard InChI is InChI=1S/C19H25N7OS/c1-4-25-18(16-6-9-20-10-7-16)22-23-19(25)28-13-17(27)21-8-5-11-26-15(3)12-14(2)24-26/h6-7,9-10,12H,4-5,8,11,13H2,1-3H3,(H,21,27). The molecular formula is C19H25N7OS. The van der Waals surface area contributed by atoms with Gasteiger partial charge >= 0.3 is 0 Å². The van der Waals surface area contributed by atoms with Gasteiger partial charge in [0.1, 0.15) is 0 Å². The van der Waals surface area contributed by atoms with Crippen LogP contribution in [0.25, 0.3) is 11.4 Å². The average Bonchev–Trinajstić information content (AvgIpc) is 3.26. The van der Waals surface area contributed by atoms with Gasteiger partial charge in [0.2, 0.25) is 5.91 Å². The molecule has 3 heterocycles. The summed E-state index contributed by atoms with van der Waals surface area (Å²) in [6.07, 6.45) is 4.31. The molecule has 0 atom stereocenters. The zero-order valence-electron chi connectivity index (χ0n) is 16.4. The van der Waals surface area contributed by atoms with Crippen LogP contribution < -0.4 is 5.32 Å². The Morgan fingerprint density at radius 3 is 2.68 bits per heavy atom. The molecule has 0 aliphatic heterocycles. The molecule has 3 aromatic rings. The number of hydrogen-bond acceptors (Lipinski definition) is 6. The van der Waals surface area contributed by atoms with Crippen molar-refractivity contribution < 1.29 is 4.79 Å². The highest BCUT2D eigenvalue weighted by molar-refractivity contribution is 7.99. The van der Waals surface area contributed by atoms with E-state index in [-0.39, 0.29) is 5.91 Å². The van der Waals surface area contributed by atoms with Crippen LogP contribution in [-0.2, 0) is 17.9 Å². The molecule has 0 aliphatic rings. The maximum Gasteiger partial charge on any atom is 0.230 e. The van der Waals surface area contributed by atoms with Gasteiger partial charge < -0.3 is 9.88 Å². The topological polar surface area (TPSA) is 90.5 Å². The highest BCUT2D eigenvalue weighted by atomic mass is 32.2. The van der Waals surface area contributed by atoms with Crippen LogP contribution in [0.2, 0.25) is 0 Å². The zero-order valence-corrected chi connectivity index (χ0v) is 17.2. The van der Waals surface area contributed by atoms with Crippen LogP contribution in [-0.4, -0.2) is 47.7 Å². The molecule has 0 fully saturated rings. The molecule has 1 N–H and O–H groups in total. The van der Waals surface area contributed by atoms with Gasteiger partial charge in [0.25, 0.3) is 0 Å². The lowest BCUT2D eigenvalue weighted by molar-refractivity contribution is -0.118. The minimum Gasteiger partial charge on any atom is -0.355 e. The largest absolute Gasteiger partial charge is 0.355 e. The van der Waals surface area contributed by atoms with Crippen molar-refractivity contribution in [3.63, 3.8) is 0 Å². The van der Waals surface area contributed by atoms with Crippen molar-refractivity contribution in [2.24, 2.45) is 0 Å². The number of nitrogens with zero attached hydrogens (tertiary/aromatic N) is 6. The Kier molecular flexibility index (Phi) is 6.80. The lowest BCUT2D eigenvalue weighted by Gasteiger charge is -2.08. The summed E-state index contributed by atoms with van der Waals surface area (Å²) in [5.41, 5.74) is 3.12. The van der Waals surface area contributed by atoms with Crippen LogP contribution in [0.5, 0.6) is 0 Å². The van der Waals surface area contributed by atoms with Gasteiger partial charge in [-0.3, -0.25) is 14.5 Å². The summed E-state index contributed by atoms with van der Waals surface area (Å²) < 4.78 is 3.98. The van der Waals surface area contributed by atoms with E-state index in [1.54, 1.807) is 12.4 Å². The molecule has 0 aliphatic carbocycles. The average molecular weight is 400 g/mol. The Hall–Kier alpha value is -2.68. The highest BCUT2D eigenvalue weighted by Gasteiger charge is 2.14. The smallest absolute Gasteiger partial charge is 0.230 e. The SMILES string of the molecule is CCn1c(SCC(=O)NCCCn2nc(C)cc2C)nnc1-c1ccncc1. The van der Waals surface area contributed by atoms with Gasteiger partial charge in [-0.05, 0) is 45.4 Å². The van der Waals surface area contributed by atoms with E-state index < -0.39 is 0 Å². The van der Waals surface area contributed by atoms with Gasteiger partial charge in [-0.2, -0.15) is 5.10 Å². The van der Waals surface area contributed by atoms with E-state index in [2.05, 4.69) is 31.7 Å². The summed E-state index contributed by atoms with van der Waals surface area (Å²) in [7, 11) is 0. The van der Waals surface area contributed by atoms with Crippen molar-refractivity contribution in [1.29, 1.82) is 0 Å². The minimum absolute atomic E-state index is 0.00511. The van der Waals surface area contributed by atoms with Crippen LogP contribution in [0.3, 0.4) is 0 Å². The first kappa shape index (κ1) is 20.1.